The number of hydrogen-bond acceptors (Lipinski definition) is 17. The van der Waals surface area contributed by atoms with Crippen LogP contribution >= 0.6 is 0 Å². The zero-order valence-electron chi connectivity index (χ0n) is 49.8. The monoisotopic (exact) mass is 1160 g/mol. The van der Waals surface area contributed by atoms with Crippen LogP contribution in [0.15, 0.2) is 125 Å². The summed E-state index contributed by atoms with van der Waals surface area (Å²) in [5, 5.41) is 13.4. The molecule has 6 aliphatic heterocycles. The van der Waals surface area contributed by atoms with Gasteiger partial charge in [0, 0.05) is 118 Å². The third kappa shape index (κ3) is 17.2. The molecule has 439 valence electrons. The van der Waals surface area contributed by atoms with Crippen molar-refractivity contribution in [2.45, 2.75) is 71.2 Å². The van der Waals surface area contributed by atoms with Crippen LogP contribution in [-0.4, -0.2) is 145 Å². The van der Waals surface area contributed by atoms with Crippen molar-refractivity contribution >= 4 is 49.3 Å². The van der Waals surface area contributed by atoms with Crippen LogP contribution < -0.4 is 60.6 Å². The first kappa shape index (κ1) is 64.0. The number of anilines is 3. The molecule has 17 nitrogen and oxygen atoms in total. The number of carbonyl (C=O) groups excluding carboxylic acids is 1. The van der Waals surface area contributed by atoms with Crippen molar-refractivity contribution < 1.29 is 48.6 Å². The van der Waals surface area contributed by atoms with E-state index in [0.717, 1.165) is 211 Å². The number of aliphatic imine (C=N–C) groups is 3. The first-order valence-corrected chi connectivity index (χ1v) is 30.2. The molecular weight excluding hydrogens is 1080 g/mol. The topological polar surface area (TPSA) is 204 Å². The summed E-state index contributed by atoms with van der Waals surface area (Å²) >= 11 is 0. The van der Waals surface area contributed by atoms with Crippen molar-refractivity contribution in [2.24, 2.45) is 38.5 Å². The smallest absolute Gasteiger partial charge is 0.512 e. The van der Waals surface area contributed by atoms with Crippen molar-refractivity contribution in [3.05, 3.63) is 183 Å². The van der Waals surface area contributed by atoms with Crippen LogP contribution in [0.3, 0.4) is 0 Å². The number of nitrogens with zero attached hydrogens (tertiary/aromatic N) is 10. The van der Waals surface area contributed by atoms with E-state index in [-0.39, 0.29) is 38.0 Å². The molecule has 0 unspecified atom stereocenters. The molecule has 3 aromatic carbocycles. The standard InChI is InChI=1S/2C22H26N4O.C18H17N3O2.C4H9N.CN.B.Na/c2*1-2-16(1)13-23-14-17-3-4-19-15-25-22(20(19)11-17)18-5-6-24-21(12-18)26-7-9-27-10-8-26;22-12-13-1-2-15-11-20-18(16(15)9-13)14-3-4-19-17(10-14)21-5-7-23-8-6-21;5-3-4-1-2-4;1-2;;/h2*3-6,11-12,16,23H,1-2,7-10,13-15H2;1-4,9-10,12H,5-8,11H2;4H,1-3,5H2;;;/q;;;;-1;;+1. The molecule has 0 atom stereocenters. The second-order valence-corrected chi connectivity index (χ2v) is 22.8. The Morgan fingerprint density at radius 1 is 0.500 bits per heavy atom. The van der Waals surface area contributed by atoms with Gasteiger partial charge in [-0.2, -0.15) is 0 Å². The number of nitrogens with one attached hydrogen (secondary N) is 2. The molecule has 0 bridgehead atoms. The van der Waals surface area contributed by atoms with E-state index in [1.807, 2.05) is 42.9 Å². The van der Waals surface area contributed by atoms with Gasteiger partial charge in [-0.05, 0) is 158 Å². The normalized spacial score (nSPS) is 17.9. The van der Waals surface area contributed by atoms with Gasteiger partial charge in [0.15, 0.2) is 0 Å². The number of carbonyl (C=O) groups is 1. The number of nitrogens with two attached hydrogens (primary N) is 1. The second-order valence-electron chi connectivity index (χ2n) is 22.8. The fourth-order valence-electron chi connectivity index (χ4n) is 11.1. The molecule has 9 heterocycles. The van der Waals surface area contributed by atoms with Crippen molar-refractivity contribution in [1.29, 1.82) is 5.26 Å². The minimum Gasteiger partial charge on any atom is -0.512 e. The molecule has 6 aromatic rings. The maximum Gasteiger partial charge on any atom is 1.00 e. The third-order valence-corrected chi connectivity index (χ3v) is 16.6. The largest absolute Gasteiger partial charge is 1.00 e. The van der Waals surface area contributed by atoms with Crippen LogP contribution in [0.5, 0.6) is 0 Å². The molecule has 3 aromatic heterocycles. The Morgan fingerprint density at radius 3 is 1.17 bits per heavy atom. The van der Waals surface area contributed by atoms with Gasteiger partial charge in [-0.25, -0.2) is 15.0 Å². The first-order valence-electron chi connectivity index (χ1n) is 30.2. The number of morpholine rings is 3. The summed E-state index contributed by atoms with van der Waals surface area (Å²) in [4.78, 5) is 45.8. The van der Waals surface area contributed by atoms with Gasteiger partial charge in [0.05, 0.1) is 76.4 Å². The van der Waals surface area contributed by atoms with Crippen LogP contribution in [0, 0.1) is 29.6 Å². The molecule has 4 N–H and O–H groups in total. The SMILES string of the molecule is NCC1CC1.O=Cc1ccc2c(c1)C(c1ccnc(N3CCOCC3)c1)=NC2.[B].[C-]#N.[Na+].c1cc(C2=NCc3ccc(CNCC4CC4)cc32)cc(N2CCOCC2)n1.c1cc(C2=NCc3ccc(CNCC4CC4)cc32)cc(N2CCOCC2)n1. The molecule has 9 aliphatic rings. The average Bonchev–Trinajstić information content (AvgIpc) is 4.66. The van der Waals surface area contributed by atoms with E-state index in [0.29, 0.717) is 12.1 Å². The van der Waals surface area contributed by atoms with Gasteiger partial charge < -0.3 is 57.1 Å². The number of rotatable bonds is 16. The van der Waals surface area contributed by atoms with E-state index in [1.165, 1.54) is 71.9 Å². The Kier molecular flexibility index (Phi) is 23.8. The summed E-state index contributed by atoms with van der Waals surface area (Å²) in [7, 11) is 0. The average molecular weight is 1160 g/mol. The molecule has 3 aliphatic carbocycles. The summed E-state index contributed by atoms with van der Waals surface area (Å²) in [5.74, 6) is 5.73. The van der Waals surface area contributed by atoms with Crippen LogP contribution in [-0.2, 0) is 46.9 Å². The van der Waals surface area contributed by atoms with Crippen LogP contribution in [0.2, 0.25) is 0 Å². The molecule has 6 fully saturated rings. The second kappa shape index (κ2) is 31.9. The van der Waals surface area contributed by atoms with E-state index in [1.54, 1.807) is 0 Å². The predicted octanol–water partition coefficient (Wildman–Crippen LogP) is 4.69. The van der Waals surface area contributed by atoms with E-state index >= 15 is 0 Å². The predicted molar refractivity (Wildman–Crippen MR) is 336 cm³/mol. The summed E-state index contributed by atoms with van der Waals surface area (Å²) in [6.07, 6.45) is 14.8. The molecule has 3 saturated heterocycles. The van der Waals surface area contributed by atoms with Gasteiger partial charge in [-0.1, -0.05) is 36.4 Å². The Balaban J connectivity index is 0.000000144. The fraction of sp³-hybridized carbons (Fsp3) is 0.433. The van der Waals surface area contributed by atoms with E-state index in [4.69, 9.17) is 41.8 Å². The number of hydrogen-bond donors (Lipinski definition) is 3. The minimum absolute atomic E-state index is 0. The van der Waals surface area contributed by atoms with Gasteiger partial charge in [-0.15, -0.1) is 0 Å². The van der Waals surface area contributed by atoms with Crippen molar-refractivity contribution in [3.63, 3.8) is 0 Å². The number of ether oxygens (including phenoxy) is 3. The third-order valence-electron chi connectivity index (χ3n) is 16.6. The minimum atomic E-state index is 0. The number of pyridine rings is 3. The van der Waals surface area contributed by atoms with Crippen LogP contribution in [0.25, 0.3) is 0 Å². The van der Waals surface area contributed by atoms with Gasteiger partial charge in [0.2, 0.25) is 0 Å². The number of aldehydes is 1. The summed E-state index contributed by atoms with van der Waals surface area (Å²) in [6, 6.07) is 31.9. The zero-order chi connectivity index (χ0) is 57.5. The van der Waals surface area contributed by atoms with Crippen molar-refractivity contribution in [2.75, 3.05) is 113 Å². The molecular formula is C67H78BN13NaO4. The Morgan fingerprint density at radius 2 is 0.849 bits per heavy atom. The van der Waals surface area contributed by atoms with Crippen molar-refractivity contribution in [3.8, 4) is 0 Å². The quantitative estimate of drug-likeness (QED) is 0.0684. The maximum atomic E-state index is 11.0. The number of benzene rings is 3. The van der Waals surface area contributed by atoms with E-state index < -0.39 is 0 Å². The number of aromatic nitrogens is 3. The van der Waals surface area contributed by atoms with E-state index in [9.17, 15) is 4.79 Å². The molecule has 3 radical (unpaired) electrons. The molecule has 3 saturated carbocycles. The Hall–Kier alpha value is -6.50. The van der Waals surface area contributed by atoms with Gasteiger partial charge in [0.25, 0.3) is 0 Å². The van der Waals surface area contributed by atoms with Crippen LogP contribution in [0.1, 0.15) is 110 Å². The summed E-state index contributed by atoms with van der Waals surface area (Å²) in [6.45, 7) is 21.9. The molecule has 0 amide bonds. The fourth-order valence-corrected chi connectivity index (χ4v) is 11.1. The molecule has 19 heteroatoms. The zero-order valence-corrected chi connectivity index (χ0v) is 51.8. The van der Waals surface area contributed by atoms with Gasteiger partial charge >= 0.3 is 29.6 Å². The molecule has 15 rings (SSSR count). The maximum absolute atomic E-state index is 11.0. The summed E-state index contributed by atoms with van der Waals surface area (Å²) < 4.78 is 16.3. The summed E-state index contributed by atoms with van der Waals surface area (Å²) in [5.41, 5.74) is 22.5. The van der Waals surface area contributed by atoms with Gasteiger partial charge in [0.1, 0.15) is 23.7 Å². The van der Waals surface area contributed by atoms with E-state index in [2.05, 4.69) is 112 Å². The number of fused-ring (bicyclic) bond motifs is 3. The van der Waals surface area contributed by atoms with Crippen LogP contribution in [0.4, 0.5) is 17.5 Å². The van der Waals surface area contributed by atoms with Gasteiger partial charge in [-0.3, -0.25) is 19.8 Å². The molecule has 86 heavy (non-hydrogen) atoms. The van der Waals surface area contributed by atoms with Crippen molar-refractivity contribution in [1.82, 2.24) is 25.6 Å². The Labute approximate surface area is 531 Å². The first-order chi connectivity index (χ1) is 41.5. The Bertz CT molecular complexity index is 3190. The molecule has 0 spiro atoms.